The van der Waals surface area contributed by atoms with Crippen LogP contribution in [0.3, 0.4) is 0 Å². The van der Waals surface area contributed by atoms with Crippen molar-refractivity contribution in [3.8, 4) is 0 Å². The fourth-order valence-corrected chi connectivity index (χ4v) is 1.31. The first-order chi connectivity index (χ1) is 7.18. The molecule has 0 aliphatic carbocycles. The summed E-state index contributed by atoms with van der Waals surface area (Å²) in [6, 6.07) is 0. The first-order valence-electron chi connectivity index (χ1n) is 5.48. The van der Waals surface area contributed by atoms with Crippen LogP contribution in [0.4, 0.5) is 0 Å². The zero-order valence-electron chi connectivity index (χ0n) is 10.2. The molecule has 0 unspecified atom stereocenters. The van der Waals surface area contributed by atoms with Gasteiger partial charge in [-0.1, -0.05) is 27.7 Å². The van der Waals surface area contributed by atoms with Gasteiger partial charge in [-0.3, -0.25) is 0 Å². The molecule has 2 heterocycles. The summed E-state index contributed by atoms with van der Waals surface area (Å²) < 4.78 is 1.84. The number of aryl methyl sites for hydroxylation is 1. The van der Waals surface area contributed by atoms with E-state index in [1.807, 2.05) is 43.9 Å². The van der Waals surface area contributed by atoms with Crippen molar-refractivity contribution in [2.45, 2.75) is 40.5 Å². The topological polar surface area (TPSA) is 30.2 Å². The number of hydrogen-bond acceptors (Lipinski definition) is 2. The van der Waals surface area contributed by atoms with E-state index in [9.17, 15) is 0 Å². The molecule has 0 radical (unpaired) electrons. The molecule has 0 saturated carbocycles. The minimum absolute atomic E-state index is 0.501. The predicted molar refractivity (Wildman–Crippen MR) is 63.2 cm³/mol. The van der Waals surface area contributed by atoms with Crippen LogP contribution in [0.5, 0.6) is 0 Å². The van der Waals surface area contributed by atoms with Gasteiger partial charge in [0.2, 0.25) is 0 Å². The summed E-state index contributed by atoms with van der Waals surface area (Å²) in [6.07, 6.45) is 5.81. The monoisotopic (exact) mass is 205 g/mol. The van der Waals surface area contributed by atoms with Crippen molar-refractivity contribution in [2.75, 3.05) is 0 Å². The van der Waals surface area contributed by atoms with Gasteiger partial charge in [0.1, 0.15) is 0 Å². The van der Waals surface area contributed by atoms with Crippen LogP contribution in [-0.4, -0.2) is 14.6 Å². The summed E-state index contributed by atoms with van der Waals surface area (Å²) in [4.78, 5) is 4.36. The van der Waals surface area contributed by atoms with Crippen LogP contribution >= 0.6 is 0 Å². The van der Waals surface area contributed by atoms with Crippen LogP contribution in [0.1, 0.15) is 44.7 Å². The Bertz CT molecular complexity index is 429. The molecule has 0 aliphatic rings. The molecule has 2 aromatic rings. The highest BCUT2D eigenvalue weighted by atomic mass is 15.2. The van der Waals surface area contributed by atoms with E-state index in [4.69, 9.17) is 0 Å². The van der Waals surface area contributed by atoms with E-state index in [1.165, 1.54) is 5.56 Å². The highest BCUT2D eigenvalue weighted by Gasteiger charge is 2.03. The Hall–Kier alpha value is -1.38. The molecule has 3 nitrogen and oxygen atoms in total. The second-order valence-corrected chi connectivity index (χ2v) is 3.64. The summed E-state index contributed by atoms with van der Waals surface area (Å²) in [7, 11) is 0. The van der Waals surface area contributed by atoms with Gasteiger partial charge in [-0.25, -0.2) is 9.50 Å². The average molecular weight is 205 g/mol. The van der Waals surface area contributed by atoms with Crippen LogP contribution < -0.4 is 0 Å². The fourth-order valence-electron chi connectivity index (χ4n) is 1.31. The summed E-state index contributed by atoms with van der Waals surface area (Å²) in [5.74, 6) is 0.501. The van der Waals surface area contributed by atoms with E-state index in [1.54, 1.807) is 0 Å². The summed E-state index contributed by atoms with van der Waals surface area (Å²) in [6.45, 7) is 10.3. The molecule has 0 aromatic carbocycles. The van der Waals surface area contributed by atoms with Crippen molar-refractivity contribution in [3.63, 3.8) is 0 Å². The quantitative estimate of drug-likeness (QED) is 0.715. The maximum Gasteiger partial charge on any atom is 0.157 e. The van der Waals surface area contributed by atoms with Gasteiger partial charge in [0.15, 0.2) is 5.65 Å². The largest absolute Gasteiger partial charge is 0.236 e. The minimum Gasteiger partial charge on any atom is -0.236 e. The molecule has 2 aromatic heterocycles. The molecule has 15 heavy (non-hydrogen) atoms. The van der Waals surface area contributed by atoms with Gasteiger partial charge in [-0.15, -0.1) is 0 Å². The van der Waals surface area contributed by atoms with E-state index >= 15 is 0 Å². The van der Waals surface area contributed by atoms with Gasteiger partial charge in [0.25, 0.3) is 0 Å². The van der Waals surface area contributed by atoms with Gasteiger partial charge in [-0.2, -0.15) is 5.10 Å². The van der Waals surface area contributed by atoms with Gasteiger partial charge in [0.05, 0.1) is 6.20 Å². The third kappa shape index (κ3) is 2.35. The lowest BCUT2D eigenvalue weighted by Crippen LogP contribution is -1.96. The van der Waals surface area contributed by atoms with Crippen LogP contribution in [0.25, 0.3) is 5.65 Å². The second kappa shape index (κ2) is 4.91. The zero-order chi connectivity index (χ0) is 11.4. The molecule has 3 heteroatoms. The normalized spacial score (nSPS) is 10.3. The molecule has 2 rings (SSSR count). The lowest BCUT2D eigenvalue weighted by Gasteiger charge is -2.04. The highest BCUT2D eigenvalue weighted by molar-refractivity contribution is 5.45. The Kier molecular flexibility index (Phi) is 3.83. The zero-order valence-corrected chi connectivity index (χ0v) is 10.2. The van der Waals surface area contributed by atoms with E-state index in [-0.39, 0.29) is 0 Å². The van der Waals surface area contributed by atoms with Gasteiger partial charge in [0, 0.05) is 18.0 Å². The molecule has 0 aliphatic heterocycles. The van der Waals surface area contributed by atoms with Crippen molar-refractivity contribution in [3.05, 3.63) is 29.7 Å². The van der Waals surface area contributed by atoms with Crippen LogP contribution in [-0.2, 0) is 0 Å². The van der Waals surface area contributed by atoms with E-state index in [0.29, 0.717) is 5.92 Å². The molecule has 82 valence electrons. The molecule has 0 saturated heterocycles. The number of nitrogens with zero attached hydrogens (tertiary/aromatic N) is 3. The molecule has 0 fully saturated rings. The molecule has 0 N–H and O–H groups in total. The Morgan fingerprint density at radius 2 is 1.87 bits per heavy atom. The van der Waals surface area contributed by atoms with Crippen LogP contribution in [0, 0.1) is 6.92 Å². The average Bonchev–Trinajstić information content (AvgIpc) is 2.63. The van der Waals surface area contributed by atoms with E-state index in [2.05, 4.69) is 23.9 Å². The third-order valence-electron chi connectivity index (χ3n) is 2.22. The number of rotatable bonds is 1. The minimum atomic E-state index is 0.501. The lowest BCUT2D eigenvalue weighted by molar-refractivity contribution is 0.821. The van der Waals surface area contributed by atoms with E-state index in [0.717, 1.165) is 11.2 Å². The van der Waals surface area contributed by atoms with Crippen molar-refractivity contribution in [2.24, 2.45) is 0 Å². The second-order valence-electron chi connectivity index (χ2n) is 3.64. The lowest BCUT2D eigenvalue weighted by atomic mass is 10.1. The van der Waals surface area contributed by atoms with Crippen molar-refractivity contribution in [1.29, 1.82) is 0 Å². The predicted octanol–water partition coefficient (Wildman–Crippen LogP) is 3.19. The Labute approximate surface area is 91.2 Å². The smallest absolute Gasteiger partial charge is 0.157 e. The van der Waals surface area contributed by atoms with Gasteiger partial charge < -0.3 is 0 Å². The maximum absolute atomic E-state index is 4.36. The standard InChI is InChI=1S/C10H13N3.C2H6/c1-7(2)9-5-11-10-8(3)4-12-13(10)6-9;1-2/h4-7H,1-3H3;1-2H3. The molecular weight excluding hydrogens is 186 g/mol. The van der Waals surface area contributed by atoms with Gasteiger partial charge in [-0.05, 0) is 18.4 Å². The third-order valence-corrected chi connectivity index (χ3v) is 2.22. The number of fused-ring (bicyclic) bond motifs is 1. The first kappa shape index (κ1) is 11.7. The summed E-state index contributed by atoms with van der Waals surface area (Å²) in [5.41, 5.74) is 3.29. The maximum atomic E-state index is 4.36. The Morgan fingerprint density at radius 1 is 1.20 bits per heavy atom. The van der Waals surface area contributed by atoms with E-state index < -0.39 is 0 Å². The number of aromatic nitrogens is 3. The Balaban J connectivity index is 0.000000531. The molecule has 0 spiro atoms. The molecular formula is C12H19N3. The van der Waals surface area contributed by atoms with Crippen molar-refractivity contribution in [1.82, 2.24) is 14.6 Å². The SMILES string of the molecule is CC.Cc1cnn2cc(C(C)C)cnc12. The molecule has 0 bridgehead atoms. The van der Waals surface area contributed by atoms with Crippen LogP contribution in [0.2, 0.25) is 0 Å². The van der Waals surface area contributed by atoms with Crippen molar-refractivity contribution < 1.29 is 0 Å². The first-order valence-corrected chi connectivity index (χ1v) is 5.48. The number of hydrogen-bond donors (Lipinski definition) is 0. The van der Waals surface area contributed by atoms with Crippen LogP contribution in [0.15, 0.2) is 18.6 Å². The summed E-state index contributed by atoms with van der Waals surface area (Å²) >= 11 is 0. The Morgan fingerprint density at radius 3 is 2.47 bits per heavy atom. The molecule has 0 atom stereocenters. The van der Waals surface area contributed by atoms with Crippen molar-refractivity contribution >= 4 is 5.65 Å². The molecule has 0 amide bonds. The summed E-state index contributed by atoms with van der Waals surface area (Å²) in [5, 5.41) is 4.22. The fraction of sp³-hybridized carbons (Fsp3) is 0.500. The van der Waals surface area contributed by atoms with Gasteiger partial charge >= 0.3 is 0 Å². The highest BCUT2D eigenvalue weighted by Crippen LogP contribution is 2.14.